The summed E-state index contributed by atoms with van der Waals surface area (Å²) in [5.41, 5.74) is 0. The molecule has 1 heterocycles. The predicted octanol–water partition coefficient (Wildman–Crippen LogP) is 2.01. The number of hydrogen-bond donors (Lipinski definition) is 0. The van der Waals surface area contributed by atoms with E-state index in [1.54, 1.807) is 7.11 Å². The summed E-state index contributed by atoms with van der Waals surface area (Å²) in [6, 6.07) is 5.29. The van der Waals surface area contributed by atoms with E-state index in [4.69, 9.17) is 4.74 Å². The number of ether oxygens (including phenoxy) is 1. The van der Waals surface area contributed by atoms with Gasteiger partial charge in [0, 0.05) is 19.7 Å². The zero-order valence-corrected chi connectivity index (χ0v) is 11.9. The van der Waals surface area contributed by atoms with Gasteiger partial charge in [0.05, 0.1) is 6.10 Å². The summed E-state index contributed by atoms with van der Waals surface area (Å²) in [4.78, 5) is -0.252. The monoisotopic (exact) mass is 287 g/mol. The van der Waals surface area contributed by atoms with Crippen LogP contribution in [0.4, 0.5) is 4.39 Å². The summed E-state index contributed by atoms with van der Waals surface area (Å²) in [5.74, 6) is -0.705. The average Bonchev–Trinajstić information content (AvgIpc) is 2.38. The highest BCUT2D eigenvalue weighted by Crippen LogP contribution is 2.27. The molecule has 1 saturated heterocycles. The average molecular weight is 287 g/mol. The SMILES string of the molecule is COC1CCN(S(=O)(=O)c2ccccc2F)C(C)C1. The fraction of sp³-hybridized carbons (Fsp3) is 0.538. The molecule has 106 valence electrons. The van der Waals surface area contributed by atoms with Gasteiger partial charge in [-0.15, -0.1) is 0 Å². The Morgan fingerprint density at radius 2 is 2.05 bits per heavy atom. The van der Waals surface area contributed by atoms with Crippen LogP contribution in [0.2, 0.25) is 0 Å². The first-order valence-electron chi connectivity index (χ1n) is 6.26. The fourth-order valence-corrected chi connectivity index (χ4v) is 4.18. The van der Waals surface area contributed by atoms with Gasteiger partial charge < -0.3 is 4.74 Å². The molecule has 1 aromatic rings. The lowest BCUT2D eigenvalue weighted by Gasteiger charge is -2.36. The molecule has 1 aliphatic heterocycles. The van der Waals surface area contributed by atoms with E-state index in [0.717, 1.165) is 0 Å². The molecule has 2 unspecified atom stereocenters. The third kappa shape index (κ3) is 2.80. The molecule has 0 saturated carbocycles. The number of piperidine rings is 1. The Morgan fingerprint density at radius 1 is 1.37 bits per heavy atom. The second-order valence-corrected chi connectivity index (χ2v) is 6.64. The second kappa shape index (κ2) is 5.56. The molecule has 0 amide bonds. The van der Waals surface area contributed by atoms with E-state index in [2.05, 4.69) is 0 Å². The first kappa shape index (κ1) is 14.4. The summed E-state index contributed by atoms with van der Waals surface area (Å²) in [6.45, 7) is 2.18. The maximum Gasteiger partial charge on any atom is 0.246 e. The van der Waals surface area contributed by atoms with Gasteiger partial charge in [-0.2, -0.15) is 4.31 Å². The van der Waals surface area contributed by atoms with E-state index in [9.17, 15) is 12.8 Å². The van der Waals surface area contributed by atoms with Crippen LogP contribution in [-0.4, -0.2) is 38.5 Å². The molecule has 0 aliphatic carbocycles. The topological polar surface area (TPSA) is 46.6 Å². The standard InChI is InChI=1S/C13H18FNO3S/c1-10-9-11(18-2)7-8-15(10)19(16,17)13-6-4-3-5-12(13)14/h3-6,10-11H,7-9H2,1-2H3. The molecule has 2 rings (SSSR count). The normalized spacial score (nSPS) is 25.4. The Balaban J connectivity index is 2.29. The van der Waals surface area contributed by atoms with Crippen molar-refractivity contribution in [2.75, 3.05) is 13.7 Å². The minimum atomic E-state index is -3.77. The third-order valence-electron chi connectivity index (χ3n) is 3.52. The molecule has 0 spiro atoms. The Morgan fingerprint density at radius 3 is 2.63 bits per heavy atom. The minimum absolute atomic E-state index is 0.0714. The van der Waals surface area contributed by atoms with Crippen molar-refractivity contribution >= 4 is 10.0 Å². The van der Waals surface area contributed by atoms with Crippen molar-refractivity contribution in [2.45, 2.75) is 36.8 Å². The fourth-order valence-electron chi connectivity index (χ4n) is 2.46. The van der Waals surface area contributed by atoms with Gasteiger partial charge >= 0.3 is 0 Å². The molecule has 0 aromatic heterocycles. The molecule has 1 aromatic carbocycles. The van der Waals surface area contributed by atoms with E-state index in [-0.39, 0.29) is 17.0 Å². The molecule has 0 bridgehead atoms. The third-order valence-corrected chi connectivity index (χ3v) is 5.57. The van der Waals surface area contributed by atoms with Gasteiger partial charge in [0.1, 0.15) is 10.7 Å². The summed E-state index contributed by atoms with van der Waals surface area (Å²) in [6.07, 6.45) is 1.33. The van der Waals surface area contributed by atoms with Gasteiger partial charge in [-0.1, -0.05) is 12.1 Å². The van der Waals surface area contributed by atoms with E-state index in [1.807, 2.05) is 6.92 Å². The molecule has 2 atom stereocenters. The molecular weight excluding hydrogens is 269 g/mol. The molecule has 6 heteroatoms. The van der Waals surface area contributed by atoms with Crippen LogP contribution in [0, 0.1) is 5.82 Å². The van der Waals surface area contributed by atoms with Crippen LogP contribution in [0.15, 0.2) is 29.2 Å². The maximum absolute atomic E-state index is 13.7. The van der Waals surface area contributed by atoms with Crippen molar-refractivity contribution in [2.24, 2.45) is 0 Å². The lowest BCUT2D eigenvalue weighted by molar-refractivity contribution is 0.0422. The zero-order valence-electron chi connectivity index (χ0n) is 11.0. The van der Waals surface area contributed by atoms with Crippen molar-refractivity contribution in [3.63, 3.8) is 0 Å². The number of benzene rings is 1. The van der Waals surface area contributed by atoms with E-state index in [0.29, 0.717) is 19.4 Å². The van der Waals surface area contributed by atoms with Crippen molar-refractivity contribution in [3.05, 3.63) is 30.1 Å². The lowest BCUT2D eigenvalue weighted by atomic mass is 10.0. The van der Waals surface area contributed by atoms with Crippen LogP contribution in [0.1, 0.15) is 19.8 Å². The van der Waals surface area contributed by atoms with Gasteiger partial charge in [0.2, 0.25) is 10.0 Å². The predicted molar refractivity (Wildman–Crippen MR) is 69.8 cm³/mol. The van der Waals surface area contributed by atoms with E-state index < -0.39 is 15.8 Å². The van der Waals surface area contributed by atoms with Crippen molar-refractivity contribution < 1.29 is 17.5 Å². The van der Waals surface area contributed by atoms with Crippen LogP contribution in [0.3, 0.4) is 0 Å². The quantitative estimate of drug-likeness (QED) is 0.854. The van der Waals surface area contributed by atoms with Crippen molar-refractivity contribution in [3.8, 4) is 0 Å². The Bertz CT molecular complexity index is 547. The van der Waals surface area contributed by atoms with Gasteiger partial charge in [-0.05, 0) is 31.9 Å². The molecule has 19 heavy (non-hydrogen) atoms. The molecule has 1 aliphatic rings. The number of halogens is 1. The van der Waals surface area contributed by atoms with Gasteiger partial charge in [0.25, 0.3) is 0 Å². The molecule has 0 radical (unpaired) electrons. The summed E-state index contributed by atoms with van der Waals surface area (Å²) in [7, 11) is -2.15. The zero-order chi connectivity index (χ0) is 14.0. The first-order chi connectivity index (χ1) is 8.96. The van der Waals surface area contributed by atoms with Crippen molar-refractivity contribution in [1.29, 1.82) is 0 Å². The summed E-state index contributed by atoms with van der Waals surface area (Å²) < 4.78 is 45.2. The van der Waals surface area contributed by atoms with Crippen LogP contribution in [0.25, 0.3) is 0 Å². The highest BCUT2D eigenvalue weighted by Gasteiger charge is 2.35. The number of rotatable bonds is 3. The van der Waals surface area contributed by atoms with Gasteiger partial charge in [0.15, 0.2) is 0 Å². The van der Waals surface area contributed by atoms with E-state index >= 15 is 0 Å². The summed E-state index contributed by atoms with van der Waals surface area (Å²) >= 11 is 0. The Kier molecular flexibility index (Phi) is 4.23. The lowest BCUT2D eigenvalue weighted by Crippen LogP contribution is -2.46. The Labute approximate surface area is 113 Å². The van der Waals surface area contributed by atoms with Crippen LogP contribution >= 0.6 is 0 Å². The number of hydrogen-bond acceptors (Lipinski definition) is 3. The largest absolute Gasteiger partial charge is 0.381 e. The van der Waals surface area contributed by atoms with Crippen molar-refractivity contribution in [1.82, 2.24) is 4.31 Å². The number of nitrogens with zero attached hydrogens (tertiary/aromatic N) is 1. The molecular formula is C13H18FNO3S. The number of methoxy groups -OCH3 is 1. The maximum atomic E-state index is 13.7. The van der Waals surface area contributed by atoms with Crippen LogP contribution < -0.4 is 0 Å². The van der Waals surface area contributed by atoms with Crippen LogP contribution in [0.5, 0.6) is 0 Å². The van der Waals surface area contributed by atoms with Gasteiger partial charge in [-0.3, -0.25) is 0 Å². The second-order valence-electron chi connectivity index (χ2n) is 4.78. The smallest absolute Gasteiger partial charge is 0.246 e. The summed E-state index contributed by atoms with van der Waals surface area (Å²) in [5, 5.41) is 0. The highest BCUT2D eigenvalue weighted by atomic mass is 32.2. The van der Waals surface area contributed by atoms with Crippen LogP contribution in [-0.2, 0) is 14.8 Å². The highest BCUT2D eigenvalue weighted by molar-refractivity contribution is 7.89. The molecule has 4 nitrogen and oxygen atoms in total. The minimum Gasteiger partial charge on any atom is -0.381 e. The van der Waals surface area contributed by atoms with E-state index in [1.165, 1.54) is 28.6 Å². The molecule has 1 fully saturated rings. The number of sulfonamides is 1. The van der Waals surface area contributed by atoms with Gasteiger partial charge in [-0.25, -0.2) is 12.8 Å². The first-order valence-corrected chi connectivity index (χ1v) is 7.70. The Hall–Kier alpha value is -0.980. The molecule has 0 N–H and O–H groups in total.